The smallest absolute Gasteiger partial charge is 0.0265 e. The first-order valence-electron chi connectivity index (χ1n) is 4.68. The van der Waals surface area contributed by atoms with Gasteiger partial charge in [0.2, 0.25) is 0 Å². The molecule has 2 aliphatic carbocycles. The van der Waals surface area contributed by atoms with E-state index in [2.05, 4.69) is 24.8 Å². The van der Waals surface area contributed by atoms with Gasteiger partial charge in [0.1, 0.15) is 0 Å². The van der Waals surface area contributed by atoms with Crippen molar-refractivity contribution in [1.29, 1.82) is 0 Å². The molecule has 2 heterocycles. The SMILES string of the molecule is CC1CC1/C=C1\C2CSC1C2. The van der Waals surface area contributed by atoms with Crippen molar-refractivity contribution in [3.05, 3.63) is 11.6 Å². The largest absolute Gasteiger partial charge is 0.153 e. The summed E-state index contributed by atoms with van der Waals surface area (Å²) in [7, 11) is 0. The topological polar surface area (TPSA) is 0 Å². The quantitative estimate of drug-likeness (QED) is 0.540. The summed E-state index contributed by atoms with van der Waals surface area (Å²) < 4.78 is 0. The van der Waals surface area contributed by atoms with E-state index in [1.165, 1.54) is 18.6 Å². The van der Waals surface area contributed by atoms with Gasteiger partial charge in [0, 0.05) is 11.0 Å². The van der Waals surface area contributed by atoms with Gasteiger partial charge in [-0.05, 0) is 30.6 Å². The third-order valence-corrected chi connectivity index (χ3v) is 4.88. The Hall–Kier alpha value is 0.0900. The van der Waals surface area contributed by atoms with Gasteiger partial charge in [0.15, 0.2) is 0 Å². The van der Waals surface area contributed by atoms with Crippen molar-refractivity contribution in [2.75, 3.05) is 5.75 Å². The Bertz CT molecular complexity index is 203. The Morgan fingerprint density at radius 2 is 2.27 bits per heavy atom. The summed E-state index contributed by atoms with van der Waals surface area (Å²) in [6, 6.07) is 0. The van der Waals surface area contributed by atoms with Crippen molar-refractivity contribution in [3.63, 3.8) is 0 Å². The number of hydrogen-bond acceptors (Lipinski definition) is 1. The highest BCUT2D eigenvalue weighted by Gasteiger charge is 2.44. The molecule has 4 atom stereocenters. The monoisotopic (exact) mass is 166 g/mol. The zero-order chi connectivity index (χ0) is 7.42. The molecule has 0 nitrogen and oxygen atoms in total. The van der Waals surface area contributed by atoms with Crippen molar-refractivity contribution >= 4 is 11.8 Å². The summed E-state index contributed by atoms with van der Waals surface area (Å²) in [6.45, 7) is 2.37. The predicted octanol–water partition coefficient (Wildman–Crippen LogP) is 2.70. The van der Waals surface area contributed by atoms with E-state index in [4.69, 9.17) is 0 Å². The van der Waals surface area contributed by atoms with Crippen molar-refractivity contribution in [2.24, 2.45) is 17.8 Å². The van der Waals surface area contributed by atoms with Gasteiger partial charge in [-0.25, -0.2) is 0 Å². The molecule has 0 N–H and O–H groups in total. The van der Waals surface area contributed by atoms with Gasteiger partial charge in [0.05, 0.1) is 0 Å². The molecule has 1 heteroatoms. The van der Waals surface area contributed by atoms with Gasteiger partial charge in [-0.15, -0.1) is 0 Å². The van der Waals surface area contributed by atoms with Crippen LogP contribution in [0.3, 0.4) is 0 Å². The summed E-state index contributed by atoms with van der Waals surface area (Å²) in [5, 5.41) is 0.966. The maximum Gasteiger partial charge on any atom is 0.0265 e. The fourth-order valence-corrected chi connectivity index (χ4v) is 3.89. The Kier molecular flexibility index (Phi) is 1.24. The van der Waals surface area contributed by atoms with Crippen LogP contribution in [0.2, 0.25) is 0 Å². The lowest BCUT2D eigenvalue weighted by Crippen LogP contribution is -2.21. The first-order chi connectivity index (χ1) is 5.34. The zero-order valence-electron chi connectivity index (χ0n) is 6.92. The van der Waals surface area contributed by atoms with Gasteiger partial charge >= 0.3 is 0 Å². The predicted molar refractivity (Wildman–Crippen MR) is 49.7 cm³/mol. The molecule has 0 amide bonds. The number of allylic oxidation sites excluding steroid dienone is 1. The molecule has 4 rings (SSSR count). The van der Waals surface area contributed by atoms with E-state index in [-0.39, 0.29) is 0 Å². The minimum Gasteiger partial charge on any atom is -0.153 e. The molecule has 2 bridgehead atoms. The molecule has 0 spiro atoms. The average Bonchev–Trinajstić information content (AvgIpc) is 2.52. The second-order valence-corrected chi connectivity index (χ2v) is 5.53. The molecule has 0 aromatic carbocycles. The maximum atomic E-state index is 2.60. The molecule has 2 saturated heterocycles. The van der Waals surface area contributed by atoms with Crippen LogP contribution < -0.4 is 0 Å². The highest BCUT2D eigenvalue weighted by molar-refractivity contribution is 8.00. The first kappa shape index (κ1) is 6.59. The third-order valence-electron chi connectivity index (χ3n) is 3.42. The molecule has 4 fully saturated rings. The number of hydrogen-bond donors (Lipinski definition) is 0. The van der Waals surface area contributed by atoms with Crippen LogP contribution in [-0.2, 0) is 0 Å². The molecular weight excluding hydrogens is 152 g/mol. The van der Waals surface area contributed by atoms with E-state index in [9.17, 15) is 0 Å². The lowest BCUT2D eigenvalue weighted by molar-refractivity contribution is 0.533. The molecule has 2 aliphatic heterocycles. The Morgan fingerprint density at radius 3 is 2.73 bits per heavy atom. The molecule has 2 saturated carbocycles. The fourth-order valence-electron chi connectivity index (χ4n) is 2.27. The van der Waals surface area contributed by atoms with Crippen molar-refractivity contribution < 1.29 is 0 Å². The van der Waals surface area contributed by atoms with Gasteiger partial charge in [-0.3, -0.25) is 0 Å². The second kappa shape index (κ2) is 2.07. The normalized spacial score (nSPS) is 56.3. The summed E-state index contributed by atoms with van der Waals surface area (Å²) in [4.78, 5) is 0. The molecular formula is C10H14S. The number of fused-ring (bicyclic) bond motifs is 1. The highest BCUT2D eigenvalue weighted by atomic mass is 32.2. The summed E-state index contributed by atoms with van der Waals surface area (Å²) in [6.07, 6.45) is 5.56. The fraction of sp³-hybridized carbons (Fsp3) is 0.800. The first-order valence-corrected chi connectivity index (χ1v) is 5.72. The Morgan fingerprint density at radius 1 is 1.45 bits per heavy atom. The molecule has 60 valence electrons. The molecule has 0 aromatic rings. The average molecular weight is 166 g/mol. The van der Waals surface area contributed by atoms with Crippen LogP contribution in [0.25, 0.3) is 0 Å². The summed E-state index contributed by atoms with van der Waals surface area (Å²) >= 11 is 2.18. The number of thioether (sulfide) groups is 1. The van der Waals surface area contributed by atoms with E-state index in [0.29, 0.717) is 0 Å². The van der Waals surface area contributed by atoms with E-state index in [1.807, 2.05) is 5.57 Å². The van der Waals surface area contributed by atoms with Gasteiger partial charge < -0.3 is 0 Å². The van der Waals surface area contributed by atoms with Crippen LogP contribution in [-0.4, -0.2) is 11.0 Å². The lowest BCUT2D eigenvalue weighted by Gasteiger charge is -2.26. The Balaban J connectivity index is 1.75. The third kappa shape index (κ3) is 0.900. The molecule has 11 heavy (non-hydrogen) atoms. The van der Waals surface area contributed by atoms with Crippen molar-refractivity contribution in [2.45, 2.75) is 25.0 Å². The number of rotatable bonds is 1. The van der Waals surface area contributed by atoms with Crippen LogP contribution in [0.4, 0.5) is 0 Å². The van der Waals surface area contributed by atoms with Crippen LogP contribution in [0, 0.1) is 17.8 Å². The molecule has 4 aliphatic rings. The lowest BCUT2D eigenvalue weighted by atomic mass is 9.80. The van der Waals surface area contributed by atoms with Crippen LogP contribution in [0.1, 0.15) is 19.8 Å². The van der Waals surface area contributed by atoms with Crippen LogP contribution >= 0.6 is 11.8 Å². The minimum absolute atomic E-state index is 0.966. The minimum atomic E-state index is 0.966. The van der Waals surface area contributed by atoms with E-state index < -0.39 is 0 Å². The van der Waals surface area contributed by atoms with Crippen molar-refractivity contribution in [3.8, 4) is 0 Å². The highest BCUT2D eigenvalue weighted by Crippen LogP contribution is 2.54. The van der Waals surface area contributed by atoms with Gasteiger partial charge in [-0.2, -0.15) is 11.8 Å². The van der Waals surface area contributed by atoms with Crippen molar-refractivity contribution in [1.82, 2.24) is 0 Å². The van der Waals surface area contributed by atoms with Crippen LogP contribution in [0.5, 0.6) is 0 Å². The summed E-state index contributed by atoms with van der Waals surface area (Å²) in [5.74, 6) is 4.43. The van der Waals surface area contributed by atoms with Gasteiger partial charge in [0.25, 0.3) is 0 Å². The molecule has 4 unspecified atom stereocenters. The van der Waals surface area contributed by atoms with Gasteiger partial charge in [-0.1, -0.05) is 18.6 Å². The zero-order valence-corrected chi connectivity index (χ0v) is 7.73. The van der Waals surface area contributed by atoms with E-state index in [1.54, 1.807) is 0 Å². The standard InChI is InChI=1S/C10H14S/c1-6-2-7(6)3-9-8-4-10(9)11-5-8/h3,6-8,10H,2,4-5H2,1H3/b9-3+. The molecule has 0 aromatic heterocycles. The Labute approximate surface area is 72.4 Å². The molecule has 0 radical (unpaired) electrons. The van der Waals surface area contributed by atoms with Crippen LogP contribution in [0.15, 0.2) is 11.6 Å². The van der Waals surface area contributed by atoms with E-state index in [0.717, 1.165) is 23.0 Å². The summed E-state index contributed by atoms with van der Waals surface area (Å²) in [5.41, 5.74) is 1.82. The second-order valence-electron chi connectivity index (χ2n) is 4.30. The maximum absolute atomic E-state index is 2.60. The van der Waals surface area contributed by atoms with E-state index >= 15 is 0 Å².